The maximum atomic E-state index is 4.93. The molecule has 0 aliphatic heterocycles. The van der Waals surface area contributed by atoms with E-state index in [0.29, 0.717) is 5.92 Å². The molecule has 29 heavy (non-hydrogen) atoms. The Morgan fingerprint density at radius 1 is 0.759 bits per heavy atom. The average Bonchev–Trinajstić information content (AvgIpc) is 3.18. The molecule has 0 heterocycles. The fourth-order valence-corrected chi connectivity index (χ4v) is 4.11. The number of allylic oxidation sites excluding steroid dienone is 1. The third-order valence-corrected chi connectivity index (χ3v) is 5.48. The summed E-state index contributed by atoms with van der Waals surface area (Å²) in [6.07, 6.45) is 4.72. The van der Waals surface area contributed by atoms with Gasteiger partial charge in [-0.25, -0.2) is 0 Å². The summed E-state index contributed by atoms with van der Waals surface area (Å²) in [7, 11) is 9.87. The third-order valence-electron chi connectivity index (χ3n) is 5.48. The fourth-order valence-electron chi connectivity index (χ4n) is 4.11. The van der Waals surface area contributed by atoms with Gasteiger partial charge in [-0.1, -0.05) is 92.2 Å². The van der Waals surface area contributed by atoms with Crippen LogP contribution in [0.1, 0.15) is 25.0 Å². The van der Waals surface area contributed by atoms with Gasteiger partial charge in [0.2, 0.25) is 0 Å². The molecule has 0 unspecified atom stereocenters. The van der Waals surface area contributed by atoms with Gasteiger partial charge in [-0.15, -0.1) is 0 Å². The van der Waals surface area contributed by atoms with Crippen LogP contribution in [0.5, 0.6) is 0 Å². The van der Waals surface area contributed by atoms with Crippen molar-refractivity contribution in [2.45, 2.75) is 13.8 Å². The van der Waals surface area contributed by atoms with Gasteiger partial charge in [0.15, 0.2) is 0 Å². The van der Waals surface area contributed by atoms with Crippen molar-refractivity contribution in [3.63, 3.8) is 0 Å². The Bertz CT molecular complexity index is 1150. The molecule has 1 aliphatic carbocycles. The number of hydrogen-bond donors (Lipinski definition) is 0. The van der Waals surface area contributed by atoms with Crippen molar-refractivity contribution in [1.82, 2.24) is 0 Å². The quantitative estimate of drug-likeness (QED) is 0.244. The number of rotatable bonds is 2. The van der Waals surface area contributed by atoms with Crippen LogP contribution in [0.15, 0.2) is 78.4 Å². The predicted molar refractivity (Wildman–Crippen MR) is 125 cm³/mol. The molecule has 5 rings (SSSR count). The molecule has 1 radical (unpaired) electrons. The summed E-state index contributed by atoms with van der Waals surface area (Å²) in [5.74, 6) is 0.541. The summed E-state index contributed by atoms with van der Waals surface area (Å²) in [5, 5.41) is 5.25. The monoisotopic (exact) mass is 493 g/mol. The van der Waals surface area contributed by atoms with Crippen molar-refractivity contribution in [2.75, 3.05) is 0 Å². The van der Waals surface area contributed by atoms with Crippen LogP contribution < -0.4 is 0 Å². The first-order valence-corrected chi connectivity index (χ1v) is 16.0. The van der Waals surface area contributed by atoms with Gasteiger partial charge in [-0.05, 0) is 55.8 Å². The van der Waals surface area contributed by atoms with E-state index < -0.39 is 20.8 Å². The molecular formula is C26H21Cl2Zr. The van der Waals surface area contributed by atoms with Gasteiger partial charge in [-0.3, -0.25) is 0 Å². The van der Waals surface area contributed by atoms with Crippen LogP contribution in [0.2, 0.25) is 0 Å². The molecule has 0 atom stereocenters. The molecule has 0 aromatic heterocycles. The van der Waals surface area contributed by atoms with Gasteiger partial charge in [0.25, 0.3) is 0 Å². The Labute approximate surface area is 191 Å². The van der Waals surface area contributed by atoms with Crippen LogP contribution in [0.3, 0.4) is 0 Å². The molecule has 4 aromatic carbocycles. The van der Waals surface area contributed by atoms with Crippen LogP contribution in [0.25, 0.3) is 38.7 Å². The summed E-state index contributed by atoms with van der Waals surface area (Å²) in [5.41, 5.74) is 6.80. The Morgan fingerprint density at radius 3 is 1.93 bits per heavy atom. The standard InChI is InChI=1S/C26H21.2ClH.Zr/c1-17(2)21-15-20-10-7-13-24(25(20)16-21)26-22-11-5-3-8-18(22)14-19-9-4-6-12-23(19)26;;;/h3-17H,1-2H3;2*1H;/q;;;+2/p-2. The summed E-state index contributed by atoms with van der Waals surface area (Å²) in [6, 6.07) is 26.5. The molecule has 0 spiro atoms. The van der Waals surface area contributed by atoms with Gasteiger partial charge in [0.1, 0.15) is 0 Å². The Kier molecular flexibility index (Phi) is 6.60. The second-order valence-corrected chi connectivity index (χ2v) is 11.2. The second kappa shape index (κ2) is 9.17. The van der Waals surface area contributed by atoms with Gasteiger partial charge in [0.05, 0.1) is 0 Å². The Morgan fingerprint density at radius 2 is 1.34 bits per heavy atom. The van der Waals surface area contributed by atoms with Gasteiger partial charge in [0, 0.05) is 6.42 Å². The summed E-state index contributed by atoms with van der Waals surface area (Å²) < 4.78 is 0. The van der Waals surface area contributed by atoms with Crippen molar-refractivity contribution in [1.29, 1.82) is 0 Å². The zero-order valence-electron chi connectivity index (χ0n) is 16.4. The van der Waals surface area contributed by atoms with E-state index in [4.69, 9.17) is 17.0 Å². The molecule has 0 N–H and O–H groups in total. The van der Waals surface area contributed by atoms with Gasteiger partial charge >= 0.3 is 37.9 Å². The Hall–Kier alpha value is -1.40. The van der Waals surface area contributed by atoms with Crippen molar-refractivity contribution < 1.29 is 20.8 Å². The predicted octanol–water partition coefficient (Wildman–Crippen LogP) is 8.64. The number of fused-ring (bicyclic) bond motifs is 3. The summed E-state index contributed by atoms with van der Waals surface area (Å²) in [4.78, 5) is 0. The van der Waals surface area contributed by atoms with Crippen LogP contribution in [0, 0.1) is 12.3 Å². The van der Waals surface area contributed by atoms with Crippen molar-refractivity contribution in [3.8, 4) is 11.1 Å². The molecule has 1 aliphatic rings. The molecule has 0 amide bonds. The normalized spacial score (nSPS) is 12.5. The summed E-state index contributed by atoms with van der Waals surface area (Å²) in [6.45, 7) is 4.53. The van der Waals surface area contributed by atoms with E-state index in [1.54, 1.807) is 0 Å². The average molecular weight is 496 g/mol. The van der Waals surface area contributed by atoms with Crippen molar-refractivity contribution >= 4 is 44.6 Å². The van der Waals surface area contributed by atoms with E-state index in [1.807, 2.05) is 0 Å². The maximum absolute atomic E-state index is 4.93. The van der Waals surface area contributed by atoms with Crippen LogP contribution >= 0.6 is 17.0 Å². The zero-order valence-corrected chi connectivity index (χ0v) is 20.4. The molecule has 3 heteroatoms. The SMILES string of the molecule is CC(C)C1=Cc2c(cccc2-c2c3ccccc3cc3ccccc23)[CH]1.[Cl][Zr][Cl]. The van der Waals surface area contributed by atoms with Gasteiger partial charge < -0.3 is 0 Å². The first kappa shape index (κ1) is 20.9. The first-order chi connectivity index (χ1) is 14.1. The molecule has 0 saturated carbocycles. The van der Waals surface area contributed by atoms with Crippen LogP contribution in [-0.4, -0.2) is 0 Å². The molecule has 0 nitrogen and oxygen atoms in total. The topological polar surface area (TPSA) is 0 Å². The van der Waals surface area contributed by atoms with Crippen LogP contribution in [-0.2, 0) is 20.8 Å². The van der Waals surface area contributed by atoms with E-state index in [1.165, 1.54) is 49.4 Å². The van der Waals surface area contributed by atoms with E-state index >= 15 is 0 Å². The molecule has 0 fully saturated rings. The van der Waals surface area contributed by atoms with E-state index in [0.717, 1.165) is 0 Å². The first-order valence-electron chi connectivity index (χ1n) is 9.70. The molecular weight excluding hydrogens is 474 g/mol. The van der Waals surface area contributed by atoms with E-state index in [-0.39, 0.29) is 0 Å². The second-order valence-electron chi connectivity index (χ2n) is 7.52. The number of benzene rings is 4. The Balaban J connectivity index is 0.000000645. The molecule has 143 valence electrons. The summed E-state index contributed by atoms with van der Waals surface area (Å²) >= 11 is -0.826. The van der Waals surface area contributed by atoms with Gasteiger partial charge in [-0.2, -0.15) is 0 Å². The molecule has 0 bridgehead atoms. The molecule has 0 saturated heterocycles. The van der Waals surface area contributed by atoms with Crippen LogP contribution in [0.4, 0.5) is 0 Å². The van der Waals surface area contributed by atoms with Crippen molar-refractivity contribution in [3.05, 3.63) is 95.9 Å². The number of hydrogen-bond acceptors (Lipinski definition) is 0. The molecule has 4 aromatic rings. The third kappa shape index (κ3) is 4.11. The minimum atomic E-state index is -0.826. The van der Waals surface area contributed by atoms with Crippen molar-refractivity contribution in [2.24, 2.45) is 5.92 Å². The van der Waals surface area contributed by atoms with E-state index in [9.17, 15) is 0 Å². The minimum absolute atomic E-state index is 0.541. The fraction of sp³-hybridized carbons (Fsp3) is 0.115. The number of halogens is 2. The zero-order chi connectivity index (χ0) is 20.4. The van der Waals surface area contributed by atoms with E-state index in [2.05, 4.69) is 99.1 Å².